The van der Waals surface area contributed by atoms with Gasteiger partial charge in [0.05, 0.1) is 0 Å². The van der Waals surface area contributed by atoms with E-state index in [4.69, 9.17) is 11.6 Å². The molecule has 0 saturated heterocycles. The van der Waals surface area contributed by atoms with E-state index in [0.29, 0.717) is 11.3 Å². The monoisotopic (exact) mass is 265 g/mol. The summed E-state index contributed by atoms with van der Waals surface area (Å²) in [5, 5.41) is 4.49. The summed E-state index contributed by atoms with van der Waals surface area (Å²) in [5.41, 5.74) is 1.71. The molecule has 0 spiro atoms. The largest absolute Gasteiger partial charge is 0.316 e. The SMILES string of the molecule is CC(C)CNCC1(c2cccc(Cl)c2)CCC1C. The van der Waals surface area contributed by atoms with E-state index in [1.165, 1.54) is 18.4 Å². The van der Waals surface area contributed by atoms with Gasteiger partial charge in [-0.2, -0.15) is 0 Å². The summed E-state index contributed by atoms with van der Waals surface area (Å²) in [6, 6.07) is 8.42. The van der Waals surface area contributed by atoms with Gasteiger partial charge >= 0.3 is 0 Å². The summed E-state index contributed by atoms with van der Waals surface area (Å²) in [5.74, 6) is 1.45. The lowest BCUT2D eigenvalue weighted by Crippen LogP contribution is -2.50. The molecule has 1 saturated carbocycles. The van der Waals surface area contributed by atoms with Crippen LogP contribution in [-0.2, 0) is 5.41 Å². The summed E-state index contributed by atoms with van der Waals surface area (Å²) in [7, 11) is 0. The molecule has 0 bridgehead atoms. The topological polar surface area (TPSA) is 12.0 Å². The number of rotatable bonds is 5. The van der Waals surface area contributed by atoms with Crippen LogP contribution in [0.15, 0.2) is 24.3 Å². The second-order valence-electron chi connectivity index (χ2n) is 6.13. The standard InChI is InChI=1S/C16H24ClN/c1-12(2)10-18-11-16(8-7-13(16)3)14-5-4-6-15(17)9-14/h4-6,9,12-13,18H,7-8,10-11H2,1-3H3. The Bertz CT molecular complexity index is 402. The Hall–Kier alpha value is -0.530. The van der Waals surface area contributed by atoms with Gasteiger partial charge in [0.15, 0.2) is 0 Å². The summed E-state index contributed by atoms with van der Waals surface area (Å²) in [6.45, 7) is 9.04. The highest BCUT2D eigenvalue weighted by molar-refractivity contribution is 6.30. The Morgan fingerprint density at radius 1 is 1.44 bits per heavy atom. The number of hydrogen-bond acceptors (Lipinski definition) is 1. The highest BCUT2D eigenvalue weighted by atomic mass is 35.5. The molecule has 1 N–H and O–H groups in total. The molecule has 0 radical (unpaired) electrons. The Labute approximate surface area is 116 Å². The molecule has 0 heterocycles. The Kier molecular flexibility index (Phi) is 4.34. The van der Waals surface area contributed by atoms with Crippen molar-refractivity contribution in [1.82, 2.24) is 5.32 Å². The van der Waals surface area contributed by atoms with E-state index in [1.807, 2.05) is 6.07 Å². The van der Waals surface area contributed by atoms with Gasteiger partial charge < -0.3 is 5.32 Å². The van der Waals surface area contributed by atoms with Gasteiger partial charge in [0.1, 0.15) is 0 Å². The van der Waals surface area contributed by atoms with Crippen molar-refractivity contribution in [2.75, 3.05) is 13.1 Å². The maximum Gasteiger partial charge on any atom is 0.0408 e. The molecular weight excluding hydrogens is 242 g/mol. The molecule has 0 amide bonds. The van der Waals surface area contributed by atoms with E-state index in [2.05, 4.69) is 44.3 Å². The predicted octanol–water partition coefficient (Wildman–Crippen LogP) is 4.25. The molecule has 1 aliphatic rings. The second kappa shape index (κ2) is 5.63. The zero-order valence-electron chi connectivity index (χ0n) is 11.7. The highest BCUT2D eigenvalue weighted by Crippen LogP contribution is 2.48. The molecule has 2 atom stereocenters. The summed E-state index contributed by atoms with van der Waals surface area (Å²) in [6.07, 6.45) is 2.61. The molecule has 1 aromatic rings. The lowest BCUT2D eigenvalue weighted by Gasteiger charge is -2.49. The minimum absolute atomic E-state index is 0.305. The zero-order valence-corrected chi connectivity index (χ0v) is 12.4. The van der Waals surface area contributed by atoms with Gasteiger partial charge in [0.25, 0.3) is 0 Å². The molecule has 0 aliphatic heterocycles. The van der Waals surface area contributed by atoms with Crippen molar-refractivity contribution in [2.24, 2.45) is 11.8 Å². The molecular formula is C16H24ClN. The molecule has 18 heavy (non-hydrogen) atoms. The molecule has 0 aromatic heterocycles. The first kappa shape index (κ1) is 13.9. The normalized spacial score (nSPS) is 27.3. The molecule has 2 unspecified atom stereocenters. The van der Waals surface area contributed by atoms with Crippen molar-refractivity contribution in [3.8, 4) is 0 Å². The van der Waals surface area contributed by atoms with Crippen LogP contribution in [0.25, 0.3) is 0 Å². The van der Waals surface area contributed by atoms with E-state index >= 15 is 0 Å². The minimum atomic E-state index is 0.305. The van der Waals surface area contributed by atoms with Crippen LogP contribution in [0, 0.1) is 11.8 Å². The van der Waals surface area contributed by atoms with Crippen LogP contribution in [0.1, 0.15) is 39.2 Å². The summed E-state index contributed by atoms with van der Waals surface area (Å²) in [4.78, 5) is 0. The molecule has 1 nitrogen and oxygen atoms in total. The van der Waals surface area contributed by atoms with Crippen molar-refractivity contribution >= 4 is 11.6 Å². The molecule has 1 aromatic carbocycles. The van der Waals surface area contributed by atoms with Gasteiger partial charge in [-0.25, -0.2) is 0 Å². The van der Waals surface area contributed by atoms with Crippen molar-refractivity contribution < 1.29 is 0 Å². The first-order valence-electron chi connectivity index (χ1n) is 7.01. The van der Waals surface area contributed by atoms with Crippen molar-refractivity contribution in [3.63, 3.8) is 0 Å². The molecule has 2 rings (SSSR count). The van der Waals surface area contributed by atoms with E-state index in [9.17, 15) is 0 Å². The van der Waals surface area contributed by atoms with Gasteiger partial charge in [-0.1, -0.05) is 44.5 Å². The van der Waals surface area contributed by atoms with Gasteiger partial charge in [-0.3, -0.25) is 0 Å². The fourth-order valence-electron chi connectivity index (χ4n) is 2.96. The predicted molar refractivity (Wildman–Crippen MR) is 79.2 cm³/mol. The minimum Gasteiger partial charge on any atom is -0.316 e. The van der Waals surface area contributed by atoms with Crippen LogP contribution < -0.4 is 5.32 Å². The van der Waals surface area contributed by atoms with Gasteiger partial charge in [0.2, 0.25) is 0 Å². The Morgan fingerprint density at radius 3 is 2.72 bits per heavy atom. The van der Waals surface area contributed by atoms with Crippen LogP contribution in [-0.4, -0.2) is 13.1 Å². The van der Waals surface area contributed by atoms with Crippen LogP contribution in [0.3, 0.4) is 0 Å². The van der Waals surface area contributed by atoms with Crippen LogP contribution in [0.5, 0.6) is 0 Å². The first-order valence-corrected chi connectivity index (χ1v) is 7.39. The third-order valence-corrected chi connectivity index (χ3v) is 4.59. The second-order valence-corrected chi connectivity index (χ2v) is 6.57. The van der Waals surface area contributed by atoms with Crippen LogP contribution in [0.4, 0.5) is 0 Å². The number of nitrogens with one attached hydrogen (secondary N) is 1. The highest BCUT2D eigenvalue weighted by Gasteiger charge is 2.44. The maximum absolute atomic E-state index is 6.14. The average molecular weight is 266 g/mol. The van der Waals surface area contributed by atoms with Crippen molar-refractivity contribution in [2.45, 2.75) is 39.0 Å². The molecule has 1 fully saturated rings. The number of hydrogen-bond donors (Lipinski definition) is 1. The zero-order chi connectivity index (χ0) is 13.2. The van der Waals surface area contributed by atoms with Crippen LogP contribution >= 0.6 is 11.6 Å². The van der Waals surface area contributed by atoms with Crippen LogP contribution in [0.2, 0.25) is 5.02 Å². The maximum atomic E-state index is 6.14. The lowest BCUT2D eigenvalue weighted by molar-refractivity contribution is 0.133. The number of halogens is 1. The van der Waals surface area contributed by atoms with Crippen molar-refractivity contribution in [1.29, 1.82) is 0 Å². The average Bonchev–Trinajstić information content (AvgIpc) is 2.32. The summed E-state index contributed by atoms with van der Waals surface area (Å²) < 4.78 is 0. The fourth-order valence-corrected chi connectivity index (χ4v) is 3.15. The first-order chi connectivity index (χ1) is 8.54. The van der Waals surface area contributed by atoms with E-state index in [1.54, 1.807) is 0 Å². The third kappa shape index (κ3) is 2.73. The van der Waals surface area contributed by atoms with E-state index in [-0.39, 0.29) is 0 Å². The van der Waals surface area contributed by atoms with Crippen molar-refractivity contribution in [3.05, 3.63) is 34.9 Å². The lowest BCUT2D eigenvalue weighted by atomic mass is 9.57. The molecule has 100 valence electrons. The molecule has 1 aliphatic carbocycles. The van der Waals surface area contributed by atoms with Gasteiger partial charge in [-0.05, 0) is 48.9 Å². The van der Waals surface area contributed by atoms with Gasteiger partial charge in [-0.15, -0.1) is 0 Å². The van der Waals surface area contributed by atoms with E-state index < -0.39 is 0 Å². The van der Waals surface area contributed by atoms with Gasteiger partial charge in [0, 0.05) is 17.0 Å². The Balaban J connectivity index is 2.12. The Morgan fingerprint density at radius 2 is 2.22 bits per heavy atom. The smallest absolute Gasteiger partial charge is 0.0408 e. The summed E-state index contributed by atoms with van der Waals surface area (Å²) >= 11 is 6.14. The molecule has 2 heteroatoms. The number of benzene rings is 1. The van der Waals surface area contributed by atoms with E-state index in [0.717, 1.165) is 24.0 Å². The fraction of sp³-hybridized carbons (Fsp3) is 0.625. The third-order valence-electron chi connectivity index (χ3n) is 4.36. The quantitative estimate of drug-likeness (QED) is 0.839.